The lowest BCUT2D eigenvalue weighted by Gasteiger charge is -2.35. The highest BCUT2D eigenvalue weighted by molar-refractivity contribution is 4.91. The molecule has 3 unspecified atom stereocenters. The fourth-order valence-electron chi connectivity index (χ4n) is 3.69. The average molecular weight is 195 g/mol. The van der Waals surface area contributed by atoms with Crippen LogP contribution in [0.4, 0.5) is 0 Å². The Morgan fingerprint density at radius 1 is 1.21 bits per heavy atom. The van der Waals surface area contributed by atoms with E-state index in [2.05, 4.69) is 25.7 Å². The van der Waals surface area contributed by atoms with Gasteiger partial charge in [-0.1, -0.05) is 27.2 Å². The average Bonchev–Trinajstić information content (AvgIpc) is 2.59. The van der Waals surface area contributed by atoms with Crippen LogP contribution in [-0.4, -0.2) is 24.5 Å². The second-order valence-corrected chi connectivity index (χ2v) is 5.61. The van der Waals surface area contributed by atoms with E-state index in [4.69, 9.17) is 0 Å². The van der Waals surface area contributed by atoms with Gasteiger partial charge in [-0.2, -0.15) is 0 Å². The van der Waals surface area contributed by atoms with Crippen LogP contribution in [0.2, 0.25) is 0 Å². The molecule has 82 valence electrons. The Labute approximate surface area is 88.9 Å². The molecule has 0 amide bonds. The summed E-state index contributed by atoms with van der Waals surface area (Å²) in [4.78, 5) is 2.66. The van der Waals surface area contributed by atoms with Gasteiger partial charge in [-0.3, -0.25) is 0 Å². The Morgan fingerprint density at radius 3 is 2.64 bits per heavy atom. The van der Waals surface area contributed by atoms with E-state index in [1.54, 1.807) is 0 Å². The van der Waals surface area contributed by atoms with E-state index in [9.17, 15) is 0 Å². The Hall–Kier alpha value is -0.0400. The first-order valence-corrected chi connectivity index (χ1v) is 6.44. The van der Waals surface area contributed by atoms with Crippen LogP contribution in [0, 0.1) is 23.7 Å². The van der Waals surface area contributed by atoms with Gasteiger partial charge in [-0.15, -0.1) is 0 Å². The standard InChI is InChI=1S/C13H25N/c1-4-14-8-11-6-5-7-12(10(2)3)13(11)9-14/h10-13H,4-9H2,1-3H3. The van der Waals surface area contributed by atoms with E-state index in [0.717, 1.165) is 23.7 Å². The van der Waals surface area contributed by atoms with Gasteiger partial charge in [-0.25, -0.2) is 0 Å². The number of fused-ring (bicyclic) bond motifs is 1. The summed E-state index contributed by atoms with van der Waals surface area (Å²) < 4.78 is 0. The Morgan fingerprint density at radius 2 is 2.00 bits per heavy atom. The quantitative estimate of drug-likeness (QED) is 0.654. The molecular weight excluding hydrogens is 170 g/mol. The molecule has 0 radical (unpaired) electrons. The van der Waals surface area contributed by atoms with Gasteiger partial charge in [-0.05, 0) is 43.1 Å². The third-order valence-electron chi connectivity index (χ3n) is 4.53. The van der Waals surface area contributed by atoms with Gasteiger partial charge in [0.05, 0.1) is 0 Å². The predicted octanol–water partition coefficient (Wildman–Crippen LogP) is 3.01. The SMILES string of the molecule is CCN1CC2CCCC(C(C)C)C2C1. The summed E-state index contributed by atoms with van der Waals surface area (Å²) in [5.74, 6) is 3.99. The molecule has 0 aromatic heterocycles. The van der Waals surface area contributed by atoms with Gasteiger partial charge in [0.1, 0.15) is 0 Å². The van der Waals surface area contributed by atoms with Crippen molar-refractivity contribution in [3.8, 4) is 0 Å². The molecule has 2 aliphatic rings. The maximum absolute atomic E-state index is 2.66. The lowest BCUT2D eigenvalue weighted by Crippen LogP contribution is -2.30. The molecule has 1 nitrogen and oxygen atoms in total. The maximum Gasteiger partial charge on any atom is 0.00155 e. The van der Waals surface area contributed by atoms with E-state index in [0.29, 0.717) is 0 Å². The van der Waals surface area contributed by atoms with Gasteiger partial charge in [0.15, 0.2) is 0 Å². The molecule has 0 N–H and O–H groups in total. The summed E-state index contributed by atoms with van der Waals surface area (Å²) in [5, 5.41) is 0. The summed E-state index contributed by atoms with van der Waals surface area (Å²) in [7, 11) is 0. The molecule has 0 aromatic carbocycles. The van der Waals surface area contributed by atoms with Gasteiger partial charge in [0.25, 0.3) is 0 Å². The minimum Gasteiger partial charge on any atom is -0.303 e. The summed E-state index contributed by atoms with van der Waals surface area (Å²) in [5.41, 5.74) is 0. The smallest absolute Gasteiger partial charge is 0.00155 e. The van der Waals surface area contributed by atoms with E-state index in [1.165, 1.54) is 38.9 Å². The van der Waals surface area contributed by atoms with Crippen molar-refractivity contribution in [1.29, 1.82) is 0 Å². The second kappa shape index (κ2) is 4.22. The van der Waals surface area contributed by atoms with Crippen molar-refractivity contribution in [2.45, 2.75) is 40.0 Å². The van der Waals surface area contributed by atoms with Gasteiger partial charge >= 0.3 is 0 Å². The summed E-state index contributed by atoms with van der Waals surface area (Å²) >= 11 is 0. The molecule has 3 atom stereocenters. The lowest BCUT2D eigenvalue weighted by molar-refractivity contribution is 0.151. The van der Waals surface area contributed by atoms with Gasteiger partial charge in [0, 0.05) is 13.1 Å². The van der Waals surface area contributed by atoms with Crippen molar-refractivity contribution in [2.24, 2.45) is 23.7 Å². The number of hydrogen-bond acceptors (Lipinski definition) is 1. The zero-order chi connectivity index (χ0) is 10.1. The largest absolute Gasteiger partial charge is 0.303 e. The van der Waals surface area contributed by atoms with Crippen LogP contribution in [0.3, 0.4) is 0 Å². The minimum atomic E-state index is 0.902. The number of likely N-dealkylation sites (tertiary alicyclic amines) is 1. The highest BCUT2D eigenvalue weighted by Gasteiger charge is 2.40. The van der Waals surface area contributed by atoms with Gasteiger partial charge < -0.3 is 4.90 Å². The minimum absolute atomic E-state index is 0.902. The molecule has 1 heterocycles. The first kappa shape index (κ1) is 10.5. The lowest BCUT2D eigenvalue weighted by atomic mass is 9.69. The zero-order valence-corrected chi connectivity index (χ0v) is 10.00. The first-order chi connectivity index (χ1) is 6.72. The molecule has 1 aliphatic heterocycles. The van der Waals surface area contributed by atoms with Crippen LogP contribution in [0.25, 0.3) is 0 Å². The molecule has 1 saturated heterocycles. The highest BCUT2D eigenvalue weighted by atomic mass is 15.1. The highest BCUT2D eigenvalue weighted by Crippen LogP contribution is 2.42. The monoisotopic (exact) mass is 195 g/mol. The van der Waals surface area contributed by atoms with Crippen molar-refractivity contribution in [3.05, 3.63) is 0 Å². The van der Waals surface area contributed by atoms with Crippen molar-refractivity contribution < 1.29 is 0 Å². The van der Waals surface area contributed by atoms with Crippen LogP contribution in [0.1, 0.15) is 40.0 Å². The molecule has 1 saturated carbocycles. The summed E-state index contributed by atoms with van der Waals surface area (Å²) in [6, 6.07) is 0. The summed E-state index contributed by atoms with van der Waals surface area (Å²) in [6.07, 6.45) is 4.49. The van der Waals surface area contributed by atoms with Crippen LogP contribution < -0.4 is 0 Å². The van der Waals surface area contributed by atoms with Crippen LogP contribution in [-0.2, 0) is 0 Å². The van der Waals surface area contributed by atoms with E-state index in [1.807, 2.05) is 0 Å². The Bertz CT molecular complexity index is 188. The molecule has 1 aliphatic carbocycles. The third kappa shape index (κ3) is 1.84. The van der Waals surface area contributed by atoms with Crippen LogP contribution in [0.5, 0.6) is 0 Å². The van der Waals surface area contributed by atoms with Crippen molar-refractivity contribution in [1.82, 2.24) is 4.90 Å². The zero-order valence-electron chi connectivity index (χ0n) is 10.00. The number of nitrogens with zero attached hydrogens (tertiary/aromatic N) is 1. The van der Waals surface area contributed by atoms with Crippen molar-refractivity contribution in [3.63, 3.8) is 0 Å². The van der Waals surface area contributed by atoms with E-state index < -0.39 is 0 Å². The number of hydrogen-bond donors (Lipinski definition) is 0. The molecule has 2 fully saturated rings. The van der Waals surface area contributed by atoms with E-state index in [-0.39, 0.29) is 0 Å². The first-order valence-electron chi connectivity index (χ1n) is 6.44. The molecular formula is C13H25N. The van der Waals surface area contributed by atoms with Crippen LogP contribution >= 0.6 is 0 Å². The molecule has 0 spiro atoms. The van der Waals surface area contributed by atoms with Gasteiger partial charge in [0.2, 0.25) is 0 Å². The normalized spacial score (nSPS) is 39.0. The maximum atomic E-state index is 2.66. The molecule has 0 aromatic rings. The summed E-state index contributed by atoms with van der Waals surface area (Å²) in [6.45, 7) is 11.2. The fraction of sp³-hybridized carbons (Fsp3) is 1.00. The van der Waals surface area contributed by atoms with Crippen LogP contribution in [0.15, 0.2) is 0 Å². The second-order valence-electron chi connectivity index (χ2n) is 5.61. The predicted molar refractivity (Wildman–Crippen MR) is 61.3 cm³/mol. The third-order valence-corrected chi connectivity index (χ3v) is 4.53. The van der Waals surface area contributed by atoms with Crippen molar-refractivity contribution >= 4 is 0 Å². The Kier molecular flexibility index (Phi) is 3.16. The molecule has 0 bridgehead atoms. The number of rotatable bonds is 2. The fourth-order valence-corrected chi connectivity index (χ4v) is 3.69. The van der Waals surface area contributed by atoms with Crippen molar-refractivity contribution in [2.75, 3.05) is 19.6 Å². The topological polar surface area (TPSA) is 3.24 Å². The molecule has 1 heteroatoms. The molecule has 2 rings (SSSR count). The molecule has 14 heavy (non-hydrogen) atoms. The Balaban J connectivity index is 2.02. The van der Waals surface area contributed by atoms with E-state index >= 15 is 0 Å².